The lowest BCUT2D eigenvalue weighted by molar-refractivity contribution is -0.146. The summed E-state index contributed by atoms with van der Waals surface area (Å²) in [5.41, 5.74) is 2.64. The number of esters is 1. The number of cyclic esters (lactones) is 1. The van der Waals surface area contributed by atoms with E-state index in [2.05, 4.69) is 11.9 Å². The van der Waals surface area contributed by atoms with Crippen LogP contribution in [0.4, 0.5) is 5.69 Å². The number of allylic oxidation sites excluding steroid dienone is 1. The van der Waals surface area contributed by atoms with Gasteiger partial charge in [0, 0.05) is 23.1 Å². The Hall–Kier alpha value is -1.40. The van der Waals surface area contributed by atoms with Crippen molar-refractivity contribution in [1.29, 1.82) is 0 Å². The second-order valence-corrected chi connectivity index (χ2v) is 9.76. The number of hydrogen-bond acceptors (Lipinski definition) is 5. The average molecular weight is 376 g/mol. The molecule has 1 aliphatic carbocycles. The topological polar surface area (TPSA) is 55.4 Å². The predicted molar refractivity (Wildman–Crippen MR) is 102 cm³/mol. The van der Waals surface area contributed by atoms with Crippen molar-refractivity contribution in [1.82, 2.24) is 0 Å². The molecule has 0 radical (unpaired) electrons. The Morgan fingerprint density at radius 3 is 2.72 bits per heavy atom. The molecule has 2 atom stereocenters. The Bertz CT molecular complexity index is 712. The third-order valence-corrected chi connectivity index (χ3v) is 8.00. The molecule has 4 rings (SSSR count). The summed E-state index contributed by atoms with van der Waals surface area (Å²) in [6.45, 7) is 4.60. The minimum Gasteiger partial charge on any atom is -0.465 e. The Morgan fingerprint density at radius 2 is 2.00 bits per heavy atom. The van der Waals surface area contributed by atoms with E-state index < -0.39 is 5.41 Å². The highest BCUT2D eigenvalue weighted by Gasteiger charge is 2.55. The van der Waals surface area contributed by atoms with Gasteiger partial charge in [-0.25, -0.2) is 0 Å². The highest BCUT2D eigenvalue weighted by molar-refractivity contribution is 8.77. The number of carbonyl (C=O) groups excluding carboxylic acids is 2. The van der Waals surface area contributed by atoms with Crippen LogP contribution in [0.25, 0.3) is 0 Å². The van der Waals surface area contributed by atoms with Crippen molar-refractivity contribution in [3.63, 3.8) is 0 Å². The third-order valence-electron chi connectivity index (χ3n) is 5.44. The first-order valence-electron chi connectivity index (χ1n) is 8.55. The van der Waals surface area contributed by atoms with Crippen LogP contribution in [0.3, 0.4) is 0 Å². The van der Waals surface area contributed by atoms with E-state index in [0.717, 1.165) is 41.2 Å². The van der Waals surface area contributed by atoms with E-state index in [4.69, 9.17) is 4.74 Å². The molecule has 132 valence electrons. The minimum absolute atomic E-state index is 0.0789. The summed E-state index contributed by atoms with van der Waals surface area (Å²) in [4.78, 5) is 24.6. The van der Waals surface area contributed by atoms with E-state index in [1.807, 2.05) is 24.3 Å². The van der Waals surface area contributed by atoms with Crippen molar-refractivity contribution in [3.05, 3.63) is 42.0 Å². The van der Waals surface area contributed by atoms with Gasteiger partial charge in [-0.2, -0.15) is 0 Å². The van der Waals surface area contributed by atoms with Crippen molar-refractivity contribution in [2.45, 2.75) is 19.3 Å². The number of benzene rings is 1. The lowest BCUT2D eigenvalue weighted by Crippen LogP contribution is -2.31. The molecule has 3 fully saturated rings. The normalized spacial score (nSPS) is 28.9. The van der Waals surface area contributed by atoms with Crippen molar-refractivity contribution < 1.29 is 14.3 Å². The van der Waals surface area contributed by atoms with Gasteiger partial charge in [-0.3, -0.25) is 9.59 Å². The van der Waals surface area contributed by atoms with Crippen molar-refractivity contribution in [2.75, 3.05) is 23.4 Å². The standard InChI is InChI=1S/C19H21NO3S2/c1-12-6-15-9-23-18(22)19(15,7-12)8-13-2-4-16(5-3-13)20-17(21)14-10-24-25-11-14/h2-5,14-15H,1,6-11H2,(H,20,21). The predicted octanol–water partition coefficient (Wildman–Crippen LogP) is 3.69. The summed E-state index contributed by atoms with van der Waals surface area (Å²) < 4.78 is 5.34. The molecule has 0 aromatic heterocycles. The van der Waals surface area contributed by atoms with Crippen LogP contribution in [0.1, 0.15) is 18.4 Å². The summed E-state index contributed by atoms with van der Waals surface area (Å²) in [5.74, 6) is 2.12. The monoisotopic (exact) mass is 375 g/mol. The van der Waals surface area contributed by atoms with Gasteiger partial charge >= 0.3 is 5.97 Å². The number of fused-ring (bicyclic) bond motifs is 1. The first-order valence-corrected chi connectivity index (χ1v) is 11.0. The summed E-state index contributed by atoms with van der Waals surface area (Å²) >= 11 is 0. The molecule has 1 N–H and O–H groups in total. The number of anilines is 1. The number of nitrogens with one attached hydrogen (secondary N) is 1. The summed E-state index contributed by atoms with van der Waals surface area (Å²) in [7, 11) is 3.51. The maximum Gasteiger partial charge on any atom is 0.313 e. The Kier molecular flexibility index (Phi) is 4.58. The maximum absolute atomic E-state index is 12.4. The first kappa shape index (κ1) is 17.0. The number of ether oxygens (including phenoxy) is 1. The number of carbonyl (C=O) groups is 2. The van der Waals surface area contributed by atoms with Crippen LogP contribution in [0.5, 0.6) is 0 Å². The molecule has 2 aliphatic heterocycles. The molecule has 1 aromatic rings. The fourth-order valence-corrected chi connectivity index (χ4v) is 6.81. The molecular formula is C19H21NO3S2. The molecule has 1 amide bonds. The van der Waals surface area contributed by atoms with E-state index in [0.29, 0.717) is 13.0 Å². The molecule has 0 bridgehead atoms. The van der Waals surface area contributed by atoms with Crippen molar-refractivity contribution in [2.24, 2.45) is 17.3 Å². The largest absolute Gasteiger partial charge is 0.465 e. The van der Waals surface area contributed by atoms with Gasteiger partial charge in [-0.1, -0.05) is 45.9 Å². The van der Waals surface area contributed by atoms with Crippen molar-refractivity contribution >= 4 is 39.2 Å². The molecule has 3 aliphatic rings. The first-order chi connectivity index (χ1) is 12.1. The zero-order chi connectivity index (χ0) is 17.4. The number of amides is 1. The summed E-state index contributed by atoms with van der Waals surface area (Å²) in [6, 6.07) is 7.87. The fourth-order valence-electron chi connectivity index (χ4n) is 4.04. The van der Waals surface area contributed by atoms with E-state index in [9.17, 15) is 9.59 Å². The molecule has 25 heavy (non-hydrogen) atoms. The van der Waals surface area contributed by atoms with Crippen molar-refractivity contribution in [3.8, 4) is 0 Å². The molecule has 2 unspecified atom stereocenters. The average Bonchev–Trinajstić information content (AvgIpc) is 3.28. The molecule has 4 nitrogen and oxygen atoms in total. The van der Waals surface area contributed by atoms with E-state index in [-0.39, 0.29) is 23.7 Å². The van der Waals surface area contributed by atoms with Gasteiger partial charge in [0.25, 0.3) is 0 Å². The molecule has 2 heterocycles. The molecule has 1 aromatic carbocycles. The van der Waals surface area contributed by atoms with E-state index in [1.165, 1.54) is 0 Å². The van der Waals surface area contributed by atoms with Crippen LogP contribution in [0, 0.1) is 17.3 Å². The highest BCUT2D eigenvalue weighted by atomic mass is 33.1. The molecule has 0 spiro atoms. The molecule has 2 saturated heterocycles. The van der Waals surface area contributed by atoms with Crippen LogP contribution in [-0.2, 0) is 20.7 Å². The zero-order valence-electron chi connectivity index (χ0n) is 14.0. The Labute approximate surface area is 155 Å². The summed E-state index contributed by atoms with van der Waals surface area (Å²) in [6.07, 6.45) is 2.29. The van der Waals surface area contributed by atoms with Crippen LogP contribution in [0.15, 0.2) is 36.4 Å². The number of rotatable bonds is 4. The van der Waals surface area contributed by atoms with Crippen LogP contribution in [-0.4, -0.2) is 30.0 Å². The smallest absolute Gasteiger partial charge is 0.313 e. The maximum atomic E-state index is 12.4. The van der Waals surface area contributed by atoms with Gasteiger partial charge in [0.05, 0.1) is 17.9 Å². The van der Waals surface area contributed by atoms with E-state index >= 15 is 0 Å². The minimum atomic E-state index is -0.430. The zero-order valence-corrected chi connectivity index (χ0v) is 15.6. The Balaban J connectivity index is 1.44. The number of hydrogen-bond donors (Lipinski definition) is 1. The Morgan fingerprint density at radius 1 is 1.28 bits per heavy atom. The second-order valence-electron chi connectivity index (χ2n) is 7.21. The SMILES string of the molecule is C=C1CC2COC(=O)C2(Cc2ccc(NC(=O)C3CSSC3)cc2)C1. The third kappa shape index (κ3) is 3.22. The second kappa shape index (κ2) is 6.72. The van der Waals surface area contributed by atoms with E-state index in [1.54, 1.807) is 21.6 Å². The van der Waals surface area contributed by atoms with Gasteiger partial charge in [-0.05, 0) is 37.0 Å². The molecular weight excluding hydrogens is 354 g/mol. The van der Waals surface area contributed by atoms with Crippen LogP contribution < -0.4 is 5.32 Å². The van der Waals surface area contributed by atoms with Gasteiger partial charge in [0.1, 0.15) is 0 Å². The molecule has 1 saturated carbocycles. The highest BCUT2D eigenvalue weighted by Crippen LogP contribution is 2.52. The summed E-state index contributed by atoms with van der Waals surface area (Å²) in [5, 5.41) is 2.99. The quantitative estimate of drug-likeness (QED) is 0.494. The van der Waals surface area contributed by atoms with Gasteiger partial charge in [0.15, 0.2) is 0 Å². The van der Waals surface area contributed by atoms with Crippen LogP contribution in [0.2, 0.25) is 0 Å². The lowest BCUT2D eigenvalue weighted by atomic mass is 9.75. The lowest BCUT2D eigenvalue weighted by Gasteiger charge is -2.24. The molecule has 6 heteroatoms. The fraction of sp³-hybridized carbons (Fsp3) is 0.474. The van der Waals surface area contributed by atoms with Crippen LogP contribution >= 0.6 is 21.6 Å². The van der Waals surface area contributed by atoms with Gasteiger partial charge in [0.2, 0.25) is 5.91 Å². The van der Waals surface area contributed by atoms with Gasteiger partial charge in [-0.15, -0.1) is 0 Å². The van der Waals surface area contributed by atoms with Gasteiger partial charge < -0.3 is 10.1 Å².